The van der Waals surface area contributed by atoms with Gasteiger partial charge in [-0.05, 0) is 6.07 Å². The van der Waals surface area contributed by atoms with Gasteiger partial charge in [-0.15, -0.1) is 0 Å². The first-order chi connectivity index (χ1) is 7.50. The SMILES string of the molecule is CC(C)NCCOc1cc(Cl)c(Cl)cc1Cl. The lowest BCUT2D eigenvalue weighted by atomic mass is 10.3. The van der Waals surface area contributed by atoms with E-state index in [2.05, 4.69) is 19.2 Å². The summed E-state index contributed by atoms with van der Waals surface area (Å²) in [7, 11) is 0. The summed E-state index contributed by atoms with van der Waals surface area (Å²) in [6.45, 7) is 5.45. The Morgan fingerprint density at radius 2 is 1.75 bits per heavy atom. The highest BCUT2D eigenvalue weighted by atomic mass is 35.5. The minimum atomic E-state index is 0.430. The summed E-state index contributed by atoms with van der Waals surface area (Å²) >= 11 is 17.6. The number of halogens is 3. The van der Waals surface area contributed by atoms with Gasteiger partial charge in [-0.3, -0.25) is 0 Å². The fraction of sp³-hybridized carbons (Fsp3) is 0.455. The number of hydrogen-bond donors (Lipinski definition) is 1. The van der Waals surface area contributed by atoms with E-state index in [0.717, 1.165) is 6.54 Å². The minimum absolute atomic E-state index is 0.430. The highest BCUT2D eigenvalue weighted by Gasteiger charge is 2.06. The molecule has 0 bridgehead atoms. The van der Waals surface area contributed by atoms with Crippen molar-refractivity contribution in [2.75, 3.05) is 13.2 Å². The third-order valence-corrected chi connectivity index (χ3v) is 2.90. The first-order valence-corrected chi connectivity index (χ1v) is 6.15. The van der Waals surface area contributed by atoms with Crippen LogP contribution in [0.3, 0.4) is 0 Å². The molecule has 0 unspecified atom stereocenters. The van der Waals surface area contributed by atoms with Crippen LogP contribution in [-0.4, -0.2) is 19.2 Å². The summed E-state index contributed by atoms with van der Waals surface area (Å²) in [6, 6.07) is 3.64. The molecule has 1 aromatic rings. The Morgan fingerprint density at radius 3 is 2.38 bits per heavy atom. The van der Waals surface area contributed by atoms with Gasteiger partial charge in [0.05, 0.1) is 15.1 Å². The maximum Gasteiger partial charge on any atom is 0.139 e. The van der Waals surface area contributed by atoms with Crippen molar-refractivity contribution in [3.05, 3.63) is 27.2 Å². The van der Waals surface area contributed by atoms with Crippen LogP contribution in [0.2, 0.25) is 15.1 Å². The monoisotopic (exact) mass is 281 g/mol. The summed E-state index contributed by atoms with van der Waals surface area (Å²) < 4.78 is 5.49. The minimum Gasteiger partial charge on any atom is -0.491 e. The predicted octanol–water partition coefficient (Wildman–Crippen LogP) is 4.02. The number of rotatable bonds is 5. The average molecular weight is 283 g/mol. The van der Waals surface area contributed by atoms with Crippen molar-refractivity contribution in [1.82, 2.24) is 5.32 Å². The molecule has 5 heteroatoms. The van der Waals surface area contributed by atoms with E-state index < -0.39 is 0 Å². The van der Waals surface area contributed by atoms with Crippen molar-refractivity contribution in [3.63, 3.8) is 0 Å². The van der Waals surface area contributed by atoms with Gasteiger partial charge >= 0.3 is 0 Å². The van der Waals surface area contributed by atoms with Gasteiger partial charge in [0.15, 0.2) is 0 Å². The second-order valence-corrected chi connectivity index (χ2v) is 4.88. The molecule has 0 spiro atoms. The Bertz CT molecular complexity index is 355. The topological polar surface area (TPSA) is 21.3 Å². The molecule has 0 aliphatic carbocycles. The van der Waals surface area contributed by atoms with Crippen LogP contribution in [0, 0.1) is 0 Å². The zero-order valence-corrected chi connectivity index (χ0v) is 11.5. The van der Waals surface area contributed by atoms with E-state index in [1.807, 2.05) is 0 Å². The molecule has 0 fully saturated rings. The van der Waals surface area contributed by atoms with Gasteiger partial charge in [0.1, 0.15) is 12.4 Å². The Kier molecular flexibility index (Phi) is 5.70. The summed E-state index contributed by atoms with van der Waals surface area (Å²) in [6.07, 6.45) is 0. The van der Waals surface area contributed by atoms with Crippen LogP contribution in [0.4, 0.5) is 0 Å². The van der Waals surface area contributed by atoms with Gasteiger partial charge in [0, 0.05) is 18.7 Å². The second-order valence-electron chi connectivity index (χ2n) is 3.65. The molecular weight excluding hydrogens is 268 g/mol. The van der Waals surface area contributed by atoms with Gasteiger partial charge in [-0.25, -0.2) is 0 Å². The van der Waals surface area contributed by atoms with Crippen LogP contribution in [0.25, 0.3) is 0 Å². The zero-order chi connectivity index (χ0) is 12.1. The van der Waals surface area contributed by atoms with Gasteiger partial charge in [0.2, 0.25) is 0 Å². The van der Waals surface area contributed by atoms with Gasteiger partial charge < -0.3 is 10.1 Å². The van der Waals surface area contributed by atoms with E-state index in [0.29, 0.717) is 33.5 Å². The highest BCUT2D eigenvalue weighted by Crippen LogP contribution is 2.33. The molecule has 0 atom stereocenters. The van der Waals surface area contributed by atoms with E-state index >= 15 is 0 Å². The van der Waals surface area contributed by atoms with Crippen molar-refractivity contribution in [3.8, 4) is 5.75 Å². The van der Waals surface area contributed by atoms with Crippen molar-refractivity contribution >= 4 is 34.8 Å². The summed E-state index contributed by atoms with van der Waals surface area (Å²) in [5, 5.41) is 4.58. The molecule has 1 N–H and O–H groups in total. The smallest absolute Gasteiger partial charge is 0.139 e. The quantitative estimate of drug-likeness (QED) is 0.650. The van der Waals surface area contributed by atoms with E-state index in [1.165, 1.54) is 0 Å². The maximum atomic E-state index is 5.95. The molecule has 1 rings (SSSR count). The lowest BCUT2D eigenvalue weighted by molar-refractivity contribution is 0.309. The highest BCUT2D eigenvalue weighted by molar-refractivity contribution is 6.43. The van der Waals surface area contributed by atoms with Crippen molar-refractivity contribution in [2.24, 2.45) is 0 Å². The molecule has 0 heterocycles. The van der Waals surface area contributed by atoms with E-state index in [4.69, 9.17) is 39.5 Å². The molecule has 1 aromatic carbocycles. The maximum absolute atomic E-state index is 5.95. The predicted molar refractivity (Wildman–Crippen MR) is 70.1 cm³/mol. The molecule has 2 nitrogen and oxygen atoms in total. The lowest BCUT2D eigenvalue weighted by Crippen LogP contribution is -2.27. The molecule has 0 aliphatic rings. The standard InChI is InChI=1S/C11H14Cl3NO/c1-7(2)15-3-4-16-11-6-9(13)8(12)5-10(11)14/h5-7,15H,3-4H2,1-2H3. The Morgan fingerprint density at radius 1 is 1.12 bits per heavy atom. The number of benzene rings is 1. The molecule has 0 saturated heterocycles. The molecule has 16 heavy (non-hydrogen) atoms. The summed E-state index contributed by atoms with van der Waals surface area (Å²) in [5.74, 6) is 0.557. The van der Waals surface area contributed by atoms with Crippen LogP contribution in [0.5, 0.6) is 5.75 Å². The van der Waals surface area contributed by atoms with Crippen LogP contribution in [0.15, 0.2) is 12.1 Å². The average Bonchev–Trinajstić information content (AvgIpc) is 2.19. The Labute approximate surface area is 111 Å². The molecule has 0 saturated carbocycles. The number of ether oxygens (including phenoxy) is 1. The lowest BCUT2D eigenvalue weighted by Gasteiger charge is -2.11. The molecule has 0 aliphatic heterocycles. The fourth-order valence-electron chi connectivity index (χ4n) is 1.12. The summed E-state index contributed by atoms with van der Waals surface area (Å²) in [4.78, 5) is 0. The third-order valence-electron chi connectivity index (χ3n) is 1.89. The van der Waals surface area contributed by atoms with Crippen molar-refractivity contribution in [1.29, 1.82) is 0 Å². The van der Waals surface area contributed by atoms with E-state index in [1.54, 1.807) is 12.1 Å². The van der Waals surface area contributed by atoms with Gasteiger partial charge in [-0.2, -0.15) is 0 Å². The molecular formula is C11H14Cl3NO. The normalized spacial score (nSPS) is 10.9. The van der Waals surface area contributed by atoms with Crippen molar-refractivity contribution in [2.45, 2.75) is 19.9 Å². The van der Waals surface area contributed by atoms with Gasteiger partial charge in [0.25, 0.3) is 0 Å². The van der Waals surface area contributed by atoms with Crippen molar-refractivity contribution < 1.29 is 4.74 Å². The van der Waals surface area contributed by atoms with Crippen LogP contribution in [-0.2, 0) is 0 Å². The molecule has 0 aromatic heterocycles. The van der Waals surface area contributed by atoms with Gasteiger partial charge in [-0.1, -0.05) is 48.7 Å². The molecule has 90 valence electrons. The second kappa shape index (κ2) is 6.55. The summed E-state index contributed by atoms with van der Waals surface area (Å²) in [5.41, 5.74) is 0. The zero-order valence-electron chi connectivity index (χ0n) is 9.19. The number of hydrogen-bond acceptors (Lipinski definition) is 2. The number of nitrogens with one attached hydrogen (secondary N) is 1. The van der Waals surface area contributed by atoms with Crippen LogP contribution < -0.4 is 10.1 Å². The Balaban J connectivity index is 2.51. The third kappa shape index (κ3) is 4.38. The molecule has 0 radical (unpaired) electrons. The fourth-order valence-corrected chi connectivity index (χ4v) is 1.71. The first-order valence-electron chi connectivity index (χ1n) is 5.01. The van der Waals surface area contributed by atoms with E-state index in [9.17, 15) is 0 Å². The first kappa shape index (κ1) is 13.9. The molecule has 0 amide bonds. The Hall–Kier alpha value is -0.150. The van der Waals surface area contributed by atoms with Crippen LogP contribution in [0.1, 0.15) is 13.8 Å². The van der Waals surface area contributed by atoms with E-state index in [-0.39, 0.29) is 0 Å². The van der Waals surface area contributed by atoms with Crippen LogP contribution >= 0.6 is 34.8 Å². The largest absolute Gasteiger partial charge is 0.491 e.